The van der Waals surface area contributed by atoms with E-state index in [9.17, 15) is 4.79 Å². The second-order valence-corrected chi connectivity index (χ2v) is 6.08. The molecule has 1 aromatic heterocycles. The van der Waals surface area contributed by atoms with Gasteiger partial charge in [-0.15, -0.1) is 0 Å². The van der Waals surface area contributed by atoms with Crippen LogP contribution in [0.1, 0.15) is 21.7 Å². The quantitative estimate of drug-likeness (QED) is 0.535. The summed E-state index contributed by atoms with van der Waals surface area (Å²) in [6.45, 7) is 4.94. The lowest BCUT2D eigenvalue weighted by atomic mass is 10.2. The van der Waals surface area contributed by atoms with E-state index in [0.717, 1.165) is 17.1 Å². The fourth-order valence-corrected chi connectivity index (χ4v) is 2.88. The molecule has 0 aliphatic carbocycles. The van der Waals surface area contributed by atoms with Crippen LogP contribution in [0.5, 0.6) is 17.2 Å². The zero-order valence-electron chi connectivity index (χ0n) is 14.6. The minimum absolute atomic E-state index is 0.418. The number of hydrogen-bond acceptors (Lipinski definition) is 5. The van der Waals surface area contributed by atoms with Crippen LogP contribution < -0.4 is 14.2 Å². The van der Waals surface area contributed by atoms with Gasteiger partial charge in [0.1, 0.15) is 19.0 Å². The highest BCUT2D eigenvalue weighted by Crippen LogP contribution is 2.33. The Labute approximate surface area is 150 Å². The summed E-state index contributed by atoms with van der Waals surface area (Å²) in [7, 11) is 0. The highest BCUT2D eigenvalue weighted by molar-refractivity contribution is 5.91. The molecule has 0 N–H and O–H groups in total. The standard InChI is InChI=1S/C20H18N2O4/c1-13-11-14(2)22(21-13)16-5-3-15(4-6-16)20(23)26-17-7-8-18-19(12-17)25-10-9-24-18/h3-8,11-12H,9-10H2,1-2H3. The molecule has 0 unspecified atom stereocenters. The van der Waals surface area contributed by atoms with Crippen molar-refractivity contribution in [2.24, 2.45) is 0 Å². The molecule has 0 fully saturated rings. The van der Waals surface area contributed by atoms with Crippen LogP contribution >= 0.6 is 0 Å². The van der Waals surface area contributed by atoms with Crippen molar-refractivity contribution in [2.75, 3.05) is 13.2 Å². The maximum atomic E-state index is 12.4. The molecule has 0 spiro atoms. The number of esters is 1. The average molecular weight is 350 g/mol. The Balaban J connectivity index is 1.51. The molecule has 3 aromatic rings. The van der Waals surface area contributed by atoms with Crippen LogP contribution in [0.4, 0.5) is 0 Å². The second kappa shape index (κ2) is 6.55. The lowest BCUT2D eigenvalue weighted by Crippen LogP contribution is -2.15. The van der Waals surface area contributed by atoms with Crippen molar-refractivity contribution in [3.63, 3.8) is 0 Å². The van der Waals surface area contributed by atoms with Crippen molar-refractivity contribution in [3.8, 4) is 22.9 Å². The molecule has 0 saturated heterocycles. The Kier molecular flexibility index (Phi) is 4.08. The summed E-state index contributed by atoms with van der Waals surface area (Å²) in [6, 6.07) is 14.2. The Morgan fingerprint density at radius 3 is 2.42 bits per heavy atom. The van der Waals surface area contributed by atoms with Gasteiger partial charge in [-0.05, 0) is 56.3 Å². The molecular formula is C20H18N2O4. The summed E-state index contributed by atoms with van der Waals surface area (Å²) in [5, 5.41) is 4.44. The van der Waals surface area contributed by atoms with E-state index >= 15 is 0 Å². The summed E-state index contributed by atoms with van der Waals surface area (Å²) in [5.74, 6) is 1.23. The van der Waals surface area contributed by atoms with Crippen LogP contribution in [-0.4, -0.2) is 29.0 Å². The number of aryl methyl sites for hydroxylation is 2. The first-order valence-corrected chi connectivity index (χ1v) is 8.36. The first-order chi connectivity index (χ1) is 12.6. The van der Waals surface area contributed by atoms with Crippen LogP contribution in [0.3, 0.4) is 0 Å². The molecule has 26 heavy (non-hydrogen) atoms. The van der Waals surface area contributed by atoms with E-state index in [-0.39, 0.29) is 0 Å². The number of aromatic nitrogens is 2. The Hall–Kier alpha value is -3.28. The lowest BCUT2D eigenvalue weighted by Gasteiger charge is -2.18. The van der Waals surface area contributed by atoms with E-state index in [1.807, 2.05) is 36.7 Å². The zero-order valence-corrected chi connectivity index (χ0v) is 14.6. The monoisotopic (exact) mass is 350 g/mol. The first kappa shape index (κ1) is 16.2. The van der Waals surface area contributed by atoms with Gasteiger partial charge in [0.2, 0.25) is 0 Å². The number of nitrogens with zero attached hydrogens (tertiary/aromatic N) is 2. The normalized spacial score (nSPS) is 12.7. The summed E-state index contributed by atoms with van der Waals surface area (Å²) in [6.07, 6.45) is 0. The van der Waals surface area contributed by atoms with Crippen LogP contribution in [-0.2, 0) is 0 Å². The highest BCUT2D eigenvalue weighted by Gasteiger charge is 2.15. The Bertz CT molecular complexity index is 960. The van der Waals surface area contributed by atoms with E-state index in [2.05, 4.69) is 5.10 Å². The number of rotatable bonds is 3. The largest absolute Gasteiger partial charge is 0.486 e. The van der Waals surface area contributed by atoms with Crippen molar-refractivity contribution >= 4 is 5.97 Å². The van der Waals surface area contributed by atoms with E-state index in [1.165, 1.54) is 0 Å². The SMILES string of the molecule is Cc1cc(C)n(-c2ccc(C(=O)Oc3ccc4c(c3)OCCO4)cc2)n1. The molecule has 0 atom stereocenters. The van der Waals surface area contributed by atoms with Crippen molar-refractivity contribution in [1.29, 1.82) is 0 Å². The van der Waals surface area contributed by atoms with Crippen LogP contribution in [0, 0.1) is 13.8 Å². The van der Waals surface area contributed by atoms with Gasteiger partial charge in [0, 0.05) is 11.8 Å². The predicted molar refractivity (Wildman–Crippen MR) is 95.4 cm³/mol. The summed E-state index contributed by atoms with van der Waals surface area (Å²) >= 11 is 0. The molecule has 2 heterocycles. The average Bonchev–Trinajstić information content (AvgIpc) is 3.00. The molecule has 0 saturated carbocycles. The van der Waals surface area contributed by atoms with Gasteiger partial charge in [0.05, 0.1) is 16.9 Å². The van der Waals surface area contributed by atoms with Gasteiger partial charge >= 0.3 is 5.97 Å². The van der Waals surface area contributed by atoms with Crippen molar-refractivity contribution in [2.45, 2.75) is 13.8 Å². The fourth-order valence-electron chi connectivity index (χ4n) is 2.88. The number of benzene rings is 2. The van der Waals surface area contributed by atoms with Gasteiger partial charge in [-0.2, -0.15) is 5.10 Å². The topological polar surface area (TPSA) is 62.6 Å². The molecule has 0 radical (unpaired) electrons. The van der Waals surface area contributed by atoms with Gasteiger partial charge in [0.25, 0.3) is 0 Å². The molecule has 0 amide bonds. The molecule has 2 aromatic carbocycles. The minimum atomic E-state index is -0.429. The molecule has 4 rings (SSSR count). The van der Waals surface area contributed by atoms with E-state index in [4.69, 9.17) is 14.2 Å². The van der Waals surface area contributed by atoms with Crippen LogP contribution in [0.25, 0.3) is 5.69 Å². The predicted octanol–water partition coefficient (Wildman–Crippen LogP) is 3.48. The zero-order chi connectivity index (χ0) is 18.1. The molecule has 1 aliphatic rings. The van der Waals surface area contributed by atoms with E-state index in [0.29, 0.717) is 36.0 Å². The molecule has 1 aliphatic heterocycles. The van der Waals surface area contributed by atoms with Crippen molar-refractivity contribution < 1.29 is 19.0 Å². The smallest absolute Gasteiger partial charge is 0.343 e. The van der Waals surface area contributed by atoms with Gasteiger partial charge in [-0.1, -0.05) is 0 Å². The molecule has 6 heteroatoms. The molecular weight excluding hydrogens is 332 g/mol. The maximum absolute atomic E-state index is 12.4. The van der Waals surface area contributed by atoms with Gasteiger partial charge in [-0.3, -0.25) is 0 Å². The van der Waals surface area contributed by atoms with Gasteiger partial charge in [0.15, 0.2) is 11.5 Å². The van der Waals surface area contributed by atoms with Crippen LogP contribution in [0.2, 0.25) is 0 Å². The highest BCUT2D eigenvalue weighted by atomic mass is 16.6. The summed E-state index contributed by atoms with van der Waals surface area (Å²) in [5.41, 5.74) is 3.34. The van der Waals surface area contributed by atoms with E-state index in [1.54, 1.807) is 30.3 Å². The van der Waals surface area contributed by atoms with Crippen molar-refractivity contribution in [1.82, 2.24) is 9.78 Å². The Morgan fingerprint density at radius 2 is 1.73 bits per heavy atom. The number of carbonyl (C=O) groups is 1. The third-order valence-corrected chi connectivity index (χ3v) is 4.08. The summed E-state index contributed by atoms with van der Waals surface area (Å²) in [4.78, 5) is 12.4. The van der Waals surface area contributed by atoms with Crippen LogP contribution in [0.15, 0.2) is 48.5 Å². The number of ether oxygens (including phenoxy) is 3. The third kappa shape index (κ3) is 3.13. The molecule has 6 nitrogen and oxygen atoms in total. The van der Waals surface area contributed by atoms with Crippen molar-refractivity contribution in [3.05, 3.63) is 65.5 Å². The first-order valence-electron chi connectivity index (χ1n) is 8.36. The fraction of sp³-hybridized carbons (Fsp3) is 0.200. The van der Waals surface area contributed by atoms with Gasteiger partial charge < -0.3 is 14.2 Å². The minimum Gasteiger partial charge on any atom is -0.486 e. The number of hydrogen-bond donors (Lipinski definition) is 0. The van der Waals surface area contributed by atoms with E-state index < -0.39 is 5.97 Å². The summed E-state index contributed by atoms with van der Waals surface area (Å²) < 4.78 is 18.2. The second-order valence-electron chi connectivity index (χ2n) is 6.08. The number of fused-ring (bicyclic) bond motifs is 1. The maximum Gasteiger partial charge on any atom is 0.343 e. The molecule has 132 valence electrons. The lowest BCUT2D eigenvalue weighted by molar-refractivity contribution is 0.0733. The third-order valence-electron chi connectivity index (χ3n) is 4.08. The number of carbonyl (C=O) groups excluding carboxylic acids is 1. The molecule has 0 bridgehead atoms. The Morgan fingerprint density at radius 1 is 1.00 bits per heavy atom. The van der Waals surface area contributed by atoms with Gasteiger partial charge in [-0.25, -0.2) is 9.48 Å².